The number of rotatable bonds is 4. The molecule has 0 saturated heterocycles. The normalized spacial score (nSPS) is 10.9. The van der Waals surface area contributed by atoms with Crippen molar-refractivity contribution >= 4 is 33.2 Å². The van der Waals surface area contributed by atoms with E-state index in [1.807, 2.05) is 30.7 Å². The highest BCUT2D eigenvalue weighted by molar-refractivity contribution is 9.10. The Kier molecular flexibility index (Phi) is 4.30. The Bertz CT molecular complexity index is 537. The van der Waals surface area contributed by atoms with Crippen LogP contribution >= 0.6 is 27.5 Å². The minimum Gasteiger partial charge on any atom is -0.378 e. The van der Waals surface area contributed by atoms with Gasteiger partial charge >= 0.3 is 0 Å². The van der Waals surface area contributed by atoms with Crippen molar-refractivity contribution in [1.29, 1.82) is 0 Å². The number of anilines is 1. The summed E-state index contributed by atoms with van der Waals surface area (Å²) in [4.78, 5) is 4.18. The Labute approximate surface area is 120 Å². The van der Waals surface area contributed by atoms with Gasteiger partial charge in [0.25, 0.3) is 0 Å². The van der Waals surface area contributed by atoms with Gasteiger partial charge in [0.15, 0.2) is 0 Å². The summed E-state index contributed by atoms with van der Waals surface area (Å²) in [6, 6.07) is 6.17. The zero-order valence-corrected chi connectivity index (χ0v) is 12.7. The molecule has 0 unspecified atom stereocenters. The fourth-order valence-electron chi connectivity index (χ4n) is 1.75. The van der Waals surface area contributed by atoms with E-state index in [9.17, 15) is 0 Å². The number of nitrogens with one attached hydrogen (secondary N) is 1. The van der Waals surface area contributed by atoms with Crippen LogP contribution in [0.4, 0.5) is 5.69 Å². The van der Waals surface area contributed by atoms with Gasteiger partial charge in [-0.15, -0.1) is 0 Å². The zero-order valence-electron chi connectivity index (χ0n) is 10.3. The topological polar surface area (TPSA) is 29.9 Å². The molecule has 0 saturated carbocycles. The van der Waals surface area contributed by atoms with Crippen LogP contribution in [0.15, 0.2) is 35.2 Å². The van der Waals surface area contributed by atoms with Crippen molar-refractivity contribution in [2.75, 3.05) is 5.32 Å². The van der Waals surface area contributed by atoms with Crippen LogP contribution in [-0.2, 0) is 6.54 Å². The van der Waals surface area contributed by atoms with Crippen LogP contribution in [0.2, 0.25) is 5.02 Å². The van der Waals surface area contributed by atoms with Crippen LogP contribution < -0.4 is 5.32 Å². The Hall–Kier alpha value is -1.000. The Morgan fingerprint density at radius 3 is 2.94 bits per heavy atom. The molecular weight excluding hydrogens is 314 g/mol. The zero-order chi connectivity index (χ0) is 13.1. The lowest BCUT2D eigenvalue weighted by atomic mass is 10.3. The van der Waals surface area contributed by atoms with Gasteiger partial charge in [-0.25, -0.2) is 4.98 Å². The lowest BCUT2D eigenvalue weighted by molar-refractivity contribution is 0.577. The summed E-state index contributed by atoms with van der Waals surface area (Å²) in [5.74, 6) is 0. The van der Waals surface area contributed by atoms with E-state index in [1.165, 1.54) is 0 Å². The Morgan fingerprint density at radius 1 is 1.44 bits per heavy atom. The SMILES string of the molecule is CC(C)n1cncc1CNc1cc(Br)ccc1Cl. The van der Waals surface area contributed by atoms with Crippen molar-refractivity contribution in [3.05, 3.63) is 45.9 Å². The van der Waals surface area contributed by atoms with Gasteiger partial charge in [-0.3, -0.25) is 0 Å². The molecule has 18 heavy (non-hydrogen) atoms. The quantitative estimate of drug-likeness (QED) is 0.896. The standard InChI is InChI=1S/C13H15BrClN3/c1-9(2)18-8-16-6-11(18)7-17-13-5-10(14)3-4-12(13)15/h3-6,8-9,17H,7H2,1-2H3. The summed E-state index contributed by atoms with van der Waals surface area (Å²) in [5, 5.41) is 4.05. The van der Waals surface area contributed by atoms with Gasteiger partial charge in [0, 0.05) is 16.7 Å². The molecule has 0 bridgehead atoms. The fourth-order valence-corrected chi connectivity index (χ4v) is 2.30. The molecule has 96 valence electrons. The Morgan fingerprint density at radius 2 is 2.22 bits per heavy atom. The second-order valence-electron chi connectivity index (χ2n) is 4.36. The predicted octanol–water partition coefficient (Wildman–Crippen LogP) is 4.49. The number of aromatic nitrogens is 2. The average molecular weight is 329 g/mol. The van der Waals surface area contributed by atoms with E-state index in [4.69, 9.17) is 11.6 Å². The molecule has 0 amide bonds. The third kappa shape index (κ3) is 3.06. The maximum absolute atomic E-state index is 6.13. The molecule has 2 rings (SSSR count). The molecule has 0 atom stereocenters. The predicted molar refractivity (Wildman–Crippen MR) is 79.1 cm³/mol. The first-order chi connectivity index (χ1) is 8.58. The van der Waals surface area contributed by atoms with Crippen molar-refractivity contribution in [2.24, 2.45) is 0 Å². The van der Waals surface area contributed by atoms with Crippen LogP contribution in [0.5, 0.6) is 0 Å². The molecule has 1 aromatic heterocycles. The van der Waals surface area contributed by atoms with E-state index in [0.29, 0.717) is 17.6 Å². The number of benzene rings is 1. The molecule has 0 fully saturated rings. The lowest BCUT2D eigenvalue weighted by Crippen LogP contribution is -2.09. The van der Waals surface area contributed by atoms with Crippen molar-refractivity contribution in [3.63, 3.8) is 0 Å². The summed E-state index contributed by atoms with van der Waals surface area (Å²) < 4.78 is 3.14. The van der Waals surface area contributed by atoms with Crippen LogP contribution in [-0.4, -0.2) is 9.55 Å². The minimum absolute atomic E-state index is 0.405. The maximum Gasteiger partial charge on any atom is 0.0951 e. The number of hydrogen-bond acceptors (Lipinski definition) is 2. The van der Waals surface area contributed by atoms with Crippen molar-refractivity contribution in [2.45, 2.75) is 26.4 Å². The third-order valence-corrected chi connectivity index (χ3v) is 3.51. The van der Waals surface area contributed by atoms with Gasteiger partial charge in [-0.1, -0.05) is 27.5 Å². The van der Waals surface area contributed by atoms with Crippen molar-refractivity contribution in [1.82, 2.24) is 9.55 Å². The van der Waals surface area contributed by atoms with Gasteiger partial charge in [-0.05, 0) is 32.0 Å². The monoisotopic (exact) mass is 327 g/mol. The van der Waals surface area contributed by atoms with Crippen LogP contribution in [0, 0.1) is 0 Å². The molecule has 1 N–H and O–H groups in total. The van der Waals surface area contributed by atoms with Gasteiger partial charge in [0.2, 0.25) is 0 Å². The summed E-state index contributed by atoms with van der Waals surface area (Å²) in [6.45, 7) is 4.98. The van der Waals surface area contributed by atoms with Crippen LogP contribution in [0.1, 0.15) is 25.6 Å². The molecule has 1 aromatic carbocycles. The van der Waals surface area contributed by atoms with E-state index in [2.05, 4.69) is 44.6 Å². The smallest absolute Gasteiger partial charge is 0.0951 e. The van der Waals surface area contributed by atoms with E-state index < -0.39 is 0 Å². The number of nitrogens with zero attached hydrogens (tertiary/aromatic N) is 2. The van der Waals surface area contributed by atoms with Gasteiger partial charge in [0.1, 0.15) is 0 Å². The van der Waals surface area contributed by atoms with E-state index >= 15 is 0 Å². The molecule has 2 aromatic rings. The second kappa shape index (κ2) is 5.76. The summed E-state index contributed by atoms with van der Waals surface area (Å²) in [7, 11) is 0. The third-order valence-electron chi connectivity index (χ3n) is 2.69. The lowest BCUT2D eigenvalue weighted by Gasteiger charge is -2.13. The number of imidazole rings is 1. The summed E-state index contributed by atoms with van der Waals surface area (Å²) in [6.07, 6.45) is 3.73. The molecule has 5 heteroatoms. The first-order valence-electron chi connectivity index (χ1n) is 5.77. The van der Waals surface area contributed by atoms with Crippen molar-refractivity contribution in [3.8, 4) is 0 Å². The second-order valence-corrected chi connectivity index (χ2v) is 5.69. The molecular formula is C13H15BrClN3. The van der Waals surface area contributed by atoms with Gasteiger partial charge in [-0.2, -0.15) is 0 Å². The first kappa shape index (κ1) is 13.4. The molecule has 3 nitrogen and oxygen atoms in total. The molecule has 0 spiro atoms. The fraction of sp³-hybridized carbons (Fsp3) is 0.308. The minimum atomic E-state index is 0.405. The molecule has 0 aliphatic rings. The maximum atomic E-state index is 6.13. The first-order valence-corrected chi connectivity index (χ1v) is 6.94. The highest BCUT2D eigenvalue weighted by atomic mass is 79.9. The van der Waals surface area contributed by atoms with Gasteiger partial charge in [0.05, 0.1) is 29.3 Å². The average Bonchev–Trinajstić information content (AvgIpc) is 2.79. The summed E-state index contributed by atoms with van der Waals surface area (Å²) in [5.41, 5.74) is 2.06. The molecule has 0 aliphatic heterocycles. The Balaban J connectivity index is 2.11. The number of halogens is 2. The van der Waals surface area contributed by atoms with E-state index in [0.717, 1.165) is 15.9 Å². The number of hydrogen-bond donors (Lipinski definition) is 1. The van der Waals surface area contributed by atoms with Gasteiger partial charge < -0.3 is 9.88 Å². The van der Waals surface area contributed by atoms with Crippen LogP contribution in [0.25, 0.3) is 0 Å². The van der Waals surface area contributed by atoms with E-state index in [1.54, 1.807) is 0 Å². The largest absolute Gasteiger partial charge is 0.378 e. The van der Waals surface area contributed by atoms with E-state index in [-0.39, 0.29) is 0 Å². The highest BCUT2D eigenvalue weighted by Gasteiger charge is 2.06. The molecule has 0 aliphatic carbocycles. The highest BCUT2D eigenvalue weighted by Crippen LogP contribution is 2.26. The molecule has 1 heterocycles. The summed E-state index contributed by atoms with van der Waals surface area (Å²) >= 11 is 9.57. The molecule has 0 radical (unpaired) electrons. The van der Waals surface area contributed by atoms with Crippen LogP contribution in [0.3, 0.4) is 0 Å². The van der Waals surface area contributed by atoms with Crippen molar-refractivity contribution < 1.29 is 0 Å².